The van der Waals surface area contributed by atoms with Crippen LogP contribution in [0.1, 0.15) is 30.5 Å². The molecule has 0 N–H and O–H groups in total. The van der Waals surface area contributed by atoms with E-state index in [1.54, 1.807) is 0 Å². The number of hydrogen-bond acceptors (Lipinski definition) is 1. The molecule has 0 radical (unpaired) electrons. The van der Waals surface area contributed by atoms with E-state index >= 15 is 0 Å². The SMILES string of the molecule is C=C1/C=C\C=C/CN(c2ccccc2)c2cc3ccc4c5ccccc5n(-c5cccc6c5C(C)(C)c5ccccc5-6)c4c3cc21. The molecule has 7 aromatic rings. The van der Waals surface area contributed by atoms with Gasteiger partial charge in [-0.3, -0.25) is 0 Å². The number of aromatic nitrogens is 1. The second-order valence-corrected chi connectivity index (χ2v) is 13.0. The third-order valence-corrected chi connectivity index (χ3v) is 10.1. The van der Waals surface area contributed by atoms with Gasteiger partial charge in [-0.25, -0.2) is 0 Å². The fourth-order valence-corrected chi connectivity index (χ4v) is 8.01. The predicted octanol–water partition coefficient (Wildman–Crippen LogP) is 11.5. The molecular formula is C44H34N2. The Bertz CT molecular complexity index is 2430. The minimum absolute atomic E-state index is 0.138. The summed E-state index contributed by atoms with van der Waals surface area (Å²) in [6.07, 6.45) is 8.58. The van der Waals surface area contributed by atoms with Crippen LogP contribution < -0.4 is 4.90 Å². The molecule has 46 heavy (non-hydrogen) atoms. The lowest BCUT2D eigenvalue weighted by molar-refractivity contribution is 0.656. The Hall–Kier alpha value is -5.60. The highest BCUT2D eigenvalue weighted by molar-refractivity contribution is 6.20. The number of fused-ring (bicyclic) bond motifs is 9. The molecule has 1 aliphatic carbocycles. The Morgan fingerprint density at radius 2 is 1.41 bits per heavy atom. The molecule has 0 saturated heterocycles. The molecule has 0 fully saturated rings. The van der Waals surface area contributed by atoms with Crippen LogP contribution in [-0.4, -0.2) is 11.1 Å². The second-order valence-electron chi connectivity index (χ2n) is 13.0. The van der Waals surface area contributed by atoms with Crippen molar-refractivity contribution in [2.75, 3.05) is 11.4 Å². The van der Waals surface area contributed by atoms with E-state index in [1.165, 1.54) is 71.9 Å². The number of hydrogen-bond donors (Lipinski definition) is 0. The Labute approximate surface area is 269 Å². The lowest BCUT2D eigenvalue weighted by Gasteiger charge is -2.27. The highest BCUT2D eigenvalue weighted by atomic mass is 15.1. The van der Waals surface area contributed by atoms with Crippen molar-refractivity contribution in [3.05, 3.63) is 169 Å². The van der Waals surface area contributed by atoms with Gasteiger partial charge in [-0.15, -0.1) is 0 Å². The molecule has 9 rings (SSSR count). The highest BCUT2D eigenvalue weighted by Gasteiger charge is 2.38. The fourth-order valence-electron chi connectivity index (χ4n) is 8.01. The number of anilines is 2. The highest BCUT2D eigenvalue weighted by Crippen LogP contribution is 2.52. The lowest BCUT2D eigenvalue weighted by atomic mass is 9.81. The summed E-state index contributed by atoms with van der Waals surface area (Å²) >= 11 is 0. The van der Waals surface area contributed by atoms with Gasteiger partial charge in [0, 0.05) is 45.1 Å². The van der Waals surface area contributed by atoms with Gasteiger partial charge in [-0.2, -0.15) is 0 Å². The largest absolute Gasteiger partial charge is 0.337 e. The summed E-state index contributed by atoms with van der Waals surface area (Å²) in [5.74, 6) is 0. The molecule has 220 valence electrons. The summed E-state index contributed by atoms with van der Waals surface area (Å²) in [5, 5.41) is 4.97. The van der Waals surface area contributed by atoms with Crippen LogP contribution in [-0.2, 0) is 5.41 Å². The molecule has 2 heteroatoms. The van der Waals surface area contributed by atoms with Crippen molar-refractivity contribution in [3.63, 3.8) is 0 Å². The van der Waals surface area contributed by atoms with Crippen LogP contribution >= 0.6 is 0 Å². The van der Waals surface area contributed by atoms with Crippen molar-refractivity contribution in [1.29, 1.82) is 0 Å². The second kappa shape index (κ2) is 9.95. The minimum Gasteiger partial charge on any atom is -0.337 e. The van der Waals surface area contributed by atoms with Crippen molar-refractivity contribution in [1.82, 2.24) is 4.57 Å². The smallest absolute Gasteiger partial charge is 0.0619 e. The van der Waals surface area contributed by atoms with Gasteiger partial charge in [-0.1, -0.05) is 130 Å². The summed E-state index contributed by atoms with van der Waals surface area (Å²) in [4.78, 5) is 2.40. The van der Waals surface area contributed by atoms with Gasteiger partial charge < -0.3 is 9.47 Å². The molecule has 0 bridgehead atoms. The molecule has 6 aromatic carbocycles. The number of benzene rings is 6. The molecular weight excluding hydrogens is 556 g/mol. The van der Waals surface area contributed by atoms with E-state index in [0.717, 1.165) is 17.7 Å². The molecule has 1 aromatic heterocycles. The standard InChI is InChI=1S/C44H34N2/c1-29-15-6-5-13-26-45(31-16-7-4-8-17-31)41-27-30-24-25-35-33-19-10-12-22-39(33)46(43(35)37(30)28-36(29)41)40-23-14-20-34-32-18-9-11-21-38(32)44(2,3)42(34)40/h4-25,27-28H,1,26H2,2-3H3/b13-5-,15-6-. The van der Waals surface area contributed by atoms with Crippen LogP contribution in [0.5, 0.6) is 0 Å². The Balaban J connectivity index is 1.40. The van der Waals surface area contributed by atoms with E-state index < -0.39 is 0 Å². The topological polar surface area (TPSA) is 8.17 Å². The first-order valence-corrected chi connectivity index (χ1v) is 16.1. The number of para-hydroxylation sites is 2. The van der Waals surface area contributed by atoms with Gasteiger partial charge in [0.2, 0.25) is 0 Å². The molecule has 0 amide bonds. The van der Waals surface area contributed by atoms with Gasteiger partial charge in [0.05, 0.1) is 16.7 Å². The van der Waals surface area contributed by atoms with Crippen LogP contribution in [0.2, 0.25) is 0 Å². The molecule has 0 spiro atoms. The maximum absolute atomic E-state index is 4.57. The lowest BCUT2D eigenvalue weighted by Crippen LogP contribution is -2.18. The average Bonchev–Trinajstić information content (AvgIpc) is 3.57. The van der Waals surface area contributed by atoms with Crippen LogP contribution in [0.3, 0.4) is 0 Å². The summed E-state index contributed by atoms with van der Waals surface area (Å²) < 4.78 is 2.54. The third kappa shape index (κ3) is 3.77. The molecule has 0 atom stereocenters. The first-order valence-electron chi connectivity index (χ1n) is 16.1. The predicted molar refractivity (Wildman–Crippen MR) is 197 cm³/mol. The number of allylic oxidation sites excluding steroid dienone is 4. The normalized spacial score (nSPS) is 16.5. The fraction of sp³-hybridized carbons (Fsp3) is 0.0909. The summed E-state index contributed by atoms with van der Waals surface area (Å²) in [5.41, 5.74) is 13.5. The first-order chi connectivity index (χ1) is 22.5. The summed E-state index contributed by atoms with van der Waals surface area (Å²) in [6.45, 7) is 10.1. The zero-order valence-corrected chi connectivity index (χ0v) is 26.2. The summed E-state index contributed by atoms with van der Waals surface area (Å²) in [7, 11) is 0. The molecule has 2 aliphatic rings. The maximum Gasteiger partial charge on any atom is 0.0619 e. The van der Waals surface area contributed by atoms with Crippen molar-refractivity contribution in [2.45, 2.75) is 19.3 Å². The monoisotopic (exact) mass is 590 g/mol. The van der Waals surface area contributed by atoms with Crippen molar-refractivity contribution in [2.24, 2.45) is 0 Å². The van der Waals surface area contributed by atoms with E-state index in [0.29, 0.717) is 0 Å². The van der Waals surface area contributed by atoms with E-state index in [9.17, 15) is 0 Å². The molecule has 2 nitrogen and oxygen atoms in total. The zero-order valence-electron chi connectivity index (χ0n) is 26.2. The van der Waals surface area contributed by atoms with E-state index in [1.807, 2.05) is 0 Å². The van der Waals surface area contributed by atoms with Gasteiger partial charge >= 0.3 is 0 Å². The molecule has 0 unspecified atom stereocenters. The van der Waals surface area contributed by atoms with Gasteiger partial charge in [0.25, 0.3) is 0 Å². The Morgan fingerprint density at radius 3 is 2.30 bits per heavy atom. The van der Waals surface area contributed by atoms with E-state index in [4.69, 9.17) is 0 Å². The number of rotatable bonds is 2. The summed E-state index contributed by atoms with van der Waals surface area (Å²) in [6, 6.07) is 44.7. The minimum atomic E-state index is -0.138. The van der Waals surface area contributed by atoms with Crippen molar-refractivity contribution < 1.29 is 0 Å². The van der Waals surface area contributed by atoms with Crippen LogP contribution in [0, 0.1) is 0 Å². The van der Waals surface area contributed by atoms with Crippen LogP contribution in [0.15, 0.2) is 152 Å². The van der Waals surface area contributed by atoms with Crippen molar-refractivity contribution in [3.8, 4) is 16.8 Å². The maximum atomic E-state index is 4.57. The third-order valence-electron chi connectivity index (χ3n) is 10.1. The van der Waals surface area contributed by atoms with Gasteiger partial charge in [0.1, 0.15) is 0 Å². The van der Waals surface area contributed by atoms with Gasteiger partial charge in [-0.05, 0) is 69.6 Å². The Morgan fingerprint density at radius 1 is 0.630 bits per heavy atom. The Kier molecular flexibility index (Phi) is 5.79. The quantitative estimate of drug-likeness (QED) is 0.194. The van der Waals surface area contributed by atoms with E-state index in [-0.39, 0.29) is 5.41 Å². The van der Waals surface area contributed by atoms with Crippen LogP contribution in [0.4, 0.5) is 11.4 Å². The average molecular weight is 591 g/mol. The van der Waals surface area contributed by atoms with Gasteiger partial charge in [0.15, 0.2) is 0 Å². The molecule has 2 heterocycles. The molecule has 1 aliphatic heterocycles. The van der Waals surface area contributed by atoms with Crippen molar-refractivity contribution >= 4 is 49.5 Å². The van der Waals surface area contributed by atoms with E-state index in [2.05, 4.69) is 176 Å². The van der Waals surface area contributed by atoms with Crippen LogP contribution in [0.25, 0.3) is 55.0 Å². The number of nitrogens with zero attached hydrogens (tertiary/aromatic N) is 2. The molecule has 0 saturated carbocycles. The zero-order chi connectivity index (χ0) is 31.0. The first kappa shape index (κ1) is 26.8.